The fraction of sp³-hybridized carbons (Fsp3) is 0.222. The van der Waals surface area contributed by atoms with Crippen LogP contribution in [-0.4, -0.2) is 25.2 Å². The smallest absolute Gasteiger partial charge is 0.269 e. The summed E-state index contributed by atoms with van der Waals surface area (Å²) in [6, 6.07) is 10.5. The van der Waals surface area contributed by atoms with Crippen molar-refractivity contribution in [3.63, 3.8) is 0 Å². The molecule has 1 heterocycles. The van der Waals surface area contributed by atoms with Gasteiger partial charge in [-0.2, -0.15) is 0 Å². The van der Waals surface area contributed by atoms with Crippen LogP contribution in [0.3, 0.4) is 0 Å². The Morgan fingerprint density at radius 2 is 1.92 bits per heavy atom. The van der Waals surface area contributed by atoms with Crippen LogP contribution in [0, 0.1) is 5.82 Å². The number of amides is 2. The van der Waals surface area contributed by atoms with Gasteiger partial charge in [-0.05, 0) is 36.8 Å². The molecule has 26 heavy (non-hydrogen) atoms. The Morgan fingerprint density at radius 3 is 2.77 bits per heavy atom. The Bertz CT molecular complexity index is 812. The molecule has 2 aromatic rings. The summed E-state index contributed by atoms with van der Waals surface area (Å²) in [5.74, 6) is 0.255. The van der Waals surface area contributed by atoms with Crippen molar-refractivity contribution in [2.24, 2.45) is 0 Å². The summed E-state index contributed by atoms with van der Waals surface area (Å²) in [5, 5.41) is 0. The van der Waals surface area contributed by atoms with Gasteiger partial charge in [-0.15, -0.1) is 0 Å². The SMILES string of the molecule is O=C(CCCOc1cccc(F)c1)NNC(=O)c1ccc2c(c1)OCO2. The van der Waals surface area contributed by atoms with Gasteiger partial charge in [-0.1, -0.05) is 6.07 Å². The molecule has 0 saturated carbocycles. The van der Waals surface area contributed by atoms with Crippen molar-refractivity contribution in [1.82, 2.24) is 10.9 Å². The summed E-state index contributed by atoms with van der Waals surface area (Å²) < 4.78 is 28.7. The summed E-state index contributed by atoms with van der Waals surface area (Å²) in [7, 11) is 0. The van der Waals surface area contributed by atoms with E-state index in [1.807, 2.05) is 0 Å². The minimum atomic E-state index is -0.465. The molecule has 0 unspecified atom stereocenters. The second-order valence-electron chi connectivity index (χ2n) is 5.48. The predicted molar refractivity (Wildman–Crippen MR) is 89.3 cm³/mol. The van der Waals surface area contributed by atoms with Gasteiger partial charge in [0.15, 0.2) is 11.5 Å². The van der Waals surface area contributed by atoms with Gasteiger partial charge in [0.1, 0.15) is 11.6 Å². The zero-order valence-electron chi connectivity index (χ0n) is 13.8. The van der Waals surface area contributed by atoms with E-state index in [9.17, 15) is 14.0 Å². The third kappa shape index (κ3) is 4.62. The standard InChI is InChI=1S/C18H17FN2O5/c19-13-3-1-4-14(10-13)24-8-2-5-17(22)20-21-18(23)12-6-7-15-16(9-12)26-11-25-15/h1,3-4,6-7,9-10H,2,5,8,11H2,(H,20,22)(H,21,23). The van der Waals surface area contributed by atoms with Gasteiger partial charge in [-0.25, -0.2) is 4.39 Å². The topological polar surface area (TPSA) is 85.9 Å². The molecule has 3 rings (SSSR count). The first kappa shape index (κ1) is 17.5. The van der Waals surface area contributed by atoms with E-state index in [0.717, 1.165) is 0 Å². The molecule has 0 aromatic heterocycles. The number of carbonyl (C=O) groups is 2. The molecule has 0 fully saturated rings. The maximum absolute atomic E-state index is 13.0. The van der Waals surface area contributed by atoms with Crippen molar-refractivity contribution in [2.45, 2.75) is 12.8 Å². The molecule has 7 nitrogen and oxygen atoms in total. The highest BCUT2D eigenvalue weighted by molar-refractivity contribution is 5.96. The summed E-state index contributed by atoms with van der Waals surface area (Å²) >= 11 is 0. The lowest BCUT2D eigenvalue weighted by Gasteiger charge is -2.09. The summed E-state index contributed by atoms with van der Waals surface area (Å²) in [6.45, 7) is 0.377. The maximum atomic E-state index is 13.0. The number of hydrogen-bond donors (Lipinski definition) is 2. The molecular weight excluding hydrogens is 343 g/mol. The molecule has 2 amide bonds. The third-order valence-corrected chi connectivity index (χ3v) is 3.56. The first-order chi connectivity index (χ1) is 12.6. The zero-order chi connectivity index (χ0) is 18.4. The van der Waals surface area contributed by atoms with Gasteiger partial charge in [0, 0.05) is 18.1 Å². The molecule has 2 aromatic carbocycles. The summed E-state index contributed by atoms with van der Waals surface area (Å²) in [6.07, 6.45) is 0.568. The number of benzene rings is 2. The van der Waals surface area contributed by atoms with Crippen molar-refractivity contribution in [1.29, 1.82) is 0 Å². The number of rotatable bonds is 6. The molecule has 8 heteroatoms. The van der Waals surface area contributed by atoms with Gasteiger partial charge in [0.25, 0.3) is 5.91 Å². The normalized spacial score (nSPS) is 11.7. The quantitative estimate of drug-likeness (QED) is 0.609. The highest BCUT2D eigenvalue weighted by atomic mass is 19.1. The van der Waals surface area contributed by atoms with Gasteiger partial charge in [-0.3, -0.25) is 20.4 Å². The minimum Gasteiger partial charge on any atom is -0.493 e. The highest BCUT2D eigenvalue weighted by Crippen LogP contribution is 2.32. The van der Waals surface area contributed by atoms with E-state index in [1.165, 1.54) is 18.2 Å². The molecule has 0 spiro atoms. The number of halogens is 1. The molecule has 0 bridgehead atoms. The largest absolute Gasteiger partial charge is 0.493 e. The lowest BCUT2D eigenvalue weighted by Crippen LogP contribution is -2.41. The Balaban J connectivity index is 1.36. The molecule has 0 aliphatic carbocycles. The number of fused-ring (bicyclic) bond motifs is 1. The van der Waals surface area contributed by atoms with Crippen LogP contribution in [0.2, 0.25) is 0 Å². The third-order valence-electron chi connectivity index (χ3n) is 3.56. The first-order valence-corrected chi connectivity index (χ1v) is 7.99. The predicted octanol–water partition coefficient (Wildman–Crippen LogP) is 2.17. The van der Waals surface area contributed by atoms with Crippen LogP contribution in [-0.2, 0) is 4.79 Å². The minimum absolute atomic E-state index is 0.120. The number of carbonyl (C=O) groups excluding carboxylic acids is 2. The van der Waals surface area contributed by atoms with E-state index in [0.29, 0.717) is 29.2 Å². The number of hydrogen-bond acceptors (Lipinski definition) is 5. The average molecular weight is 360 g/mol. The van der Waals surface area contributed by atoms with Crippen LogP contribution in [0.25, 0.3) is 0 Å². The lowest BCUT2D eigenvalue weighted by molar-refractivity contribution is -0.122. The Kier molecular flexibility index (Phi) is 5.52. The Hall–Kier alpha value is -3.29. The number of hydrazine groups is 1. The van der Waals surface area contributed by atoms with Gasteiger partial charge >= 0.3 is 0 Å². The molecule has 2 N–H and O–H groups in total. The van der Waals surface area contributed by atoms with E-state index < -0.39 is 5.91 Å². The van der Waals surface area contributed by atoms with Crippen LogP contribution in [0.15, 0.2) is 42.5 Å². The molecule has 1 aliphatic heterocycles. The van der Waals surface area contributed by atoms with Crippen LogP contribution < -0.4 is 25.1 Å². The van der Waals surface area contributed by atoms with Crippen LogP contribution in [0.4, 0.5) is 4.39 Å². The van der Waals surface area contributed by atoms with Crippen molar-refractivity contribution < 1.29 is 28.2 Å². The fourth-order valence-electron chi connectivity index (χ4n) is 2.28. The number of nitrogens with one attached hydrogen (secondary N) is 2. The second kappa shape index (κ2) is 8.19. The molecule has 136 valence electrons. The molecular formula is C18H17FN2O5. The van der Waals surface area contributed by atoms with Crippen molar-refractivity contribution >= 4 is 11.8 Å². The molecule has 0 atom stereocenters. The summed E-state index contributed by atoms with van der Waals surface area (Å²) in [5.41, 5.74) is 5.00. The van der Waals surface area contributed by atoms with E-state index >= 15 is 0 Å². The van der Waals surface area contributed by atoms with Crippen molar-refractivity contribution in [2.75, 3.05) is 13.4 Å². The highest BCUT2D eigenvalue weighted by Gasteiger charge is 2.16. The number of ether oxygens (including phenoxy) is 3. The fourth-order valence-corrected chi connectivity index (χ4v) is 2.28. The van der Waals surface area contributed by atoms with E-state index in [1.54, 1.807) is 24.3 Å². The van der Waals surface area contributed by atoms with E-state index in [-0.39, 0.29) is 31.5 Å². The van der Waals surface area contributed by atoms with Crippen LogP contribution in [0.1, 0.15) is 23.2 Å². The van der Waals surface area contributed by atoms with Gasteiger partial charge in [0.2, 0.25) is 12.7 Å². The maximum Gasteiger partial charge on any atom is 0.269 e. The second-order valence-corrected chi connectivity index (χ2v) is 5.48. The first-order valence-electron chi connectivity index (χ1n) is 7.99. The Morgan fingerprint density at radius 1 is 1.08 bits per heavy atom. The average Bonchev–Trinajstić information content (AvgIpc) is 3.11. The lowest BCUT2D eigenvalue weighted by atomic mass is 10.2. The van der Waals surface area contributed by atoms with Crippen LogP contribution >= 0.6 is 0 Å². The monoisotopic (exact) mass is 360 g/mol. The molecule has 1 aliphatic rings. The van der Waals surface area contributed by atoms with E-state index in [2.05, 4.69) is 10.9 Å². The van der Waals surface area contributed by atoms with Crippen LogP contribution in [0.5, 0.6) is 17.2 Å². The molecule has 0 saturated heterocycles. The van der Waals surface area contributed by atoms with Crippen molar-refractivity contribution in [3.05, 3.63) is 53.8 Å². The van der Waals surface area contributed by atoms with Gasteiger partial charge < -0.3 is 14.2 Å². The van der Waals surface area contributed by atoms with Gasteiger partial charge in [0.05, 0.1) is 6.61 Å². The zero-order valence-corrected chi connectivity index (χ0v) is 13.8. The van der Waals surface area contributed by atoms with E-state index in [4.69, 9.17) is 14.2 Å². The molecule has 0 radical (unpaired) electrons. The Labute approximate surface area is 149 Å². The summed E-state index contributed by atoms with van der Waals surface area (Å²) in [4.78, 5) is 23.8. The van der Waals surface area contributed by atoms with Crippen molar-refractivity contribution in [3.8, 4) is 17.2 Å².